The molecular weight excluding hydrogens is 431 g/mol. The molecule has 0 aromatic heterocycles. The van der Waals surface area contributed by atoms with Crippen molar-refractivity contribution in [1.29, 1.82) is 0 Å². The van der Waals surface area contributed by atoms with E-state index in [-0.39, 0.29) is 17.1 Å². The lowest BCUT2D eigenvalue weighted by Gasteiger charge is -2.47. The number of nitrogens with zero attached hydrogens (tertiary/aromatic N) is 1. The van der Waals surface area contributed by atoms with Crippen LogP contribution < -0.4 is 10.2 Å². The highest BCUT2D eigenvalue weighted by Gasteiger charge is 2.52. The Bertz CT molecular complexity index is 1230. The van der Waals surface area contributed by atoms with Crippen LogP contribution in [0.5, 0.6) is 0 Å². The molecule has 3 heterocycles. The summed E-state index contributed by atoms with van der Waals surface area (Å²) in [6.45, 7) is 3.14. The second-order valence-electron chi connectivity index (χ2n) is 9.58. The van der Waals surface area contributed by atoms with Gasteiger partial charge in [0.1, 0.15) is 5.82 Å². The summed E-state index contributed by atoms with van der Waals surface area (Å²) in [6, 6.07) is 17.2. The predicted octanol–water partition coefficient (Wildman–Crippen LogP) is 6.16. The van der Waals surface area contributed by atoms with Crippen LogP contribution in [0.4, 0.5) is 10.1 Å². The van der Waals surface area contributed by atoms with Crippen molar-refractivity contribution in [3.8, 4) is 0 Å². The number of piperidine rings is 1. The molecule has 0 unspecified atom stereocenters. The molecule has 33 heavy (non-hydrogen) atoms. The zero-order valence-corrected chi connectivity index (χ0v) is 19.6. The van der Waals surface area contributed by atoms with Gasteiger partial charge in [-0.3, -0.25) is 4.79 Å². The van der Waals surface area contributed by atoms with E-state index < -0.39 is 0 Å². The van der Waals surface area contributed by atoms with Crippen LogP contribution in [0.1, 0.15) is 53.9 Å². The van der Waals surface area contributed by atoms with Crippen LogP contribution in [0.25, 0.3) is 10.8 Å². The zero-order valence-electron chi connectivity index (χ0n) is 18.8. The number of Topliss-reactive ketones (excluding diaryl/α,β-unsaturated/α-hetero) is 1. The first kappa shape index (κ1) is 21.2. The van der Waals surface area contributed by atoms with E-state index in [4.69, 9.17) is 0 Å². The number of rotatable bonds is 5. The summed E-state index contributed by atoms with van der Waals surface area (Å²) < 4.78 is 14.2. The summed E-state index contributed by atoms with van der Waals surface area (Å²) >= 11 is 1.99. The third-order valence-corrected chi connectivity index (χ3v) is 9.05. The number of ketones is 1. The molecule has 0 amide bonds. The topological polar surface area (TPSA) is 32.3 Å². The summed E-state index contributed by atoms with van der Waals surface area (Å²) in [6.07, 6.45) is 4.69. The number of para-hydroxylation sites is 1. The minimum Gasteiger partial charge on any atom is -0.364 e. The van der Waals surface area contributed by atoms with Crippen LogP contribution >= 0.6 is 11.8 Å². The maximum atomic E-state index is 14.2. The SMILES string of the molecule is O=C(CCC[C@]12CCNC[C@H]1c1cccc3c1N2CCCS3)c1ccc(F)c2ccccc12. The second-order valence-corrected chi connectivity index (χ2v) is 10.7. The Kier molecular flexibility index (Phi) is 5.42. The van der Waals surface area contributed by atoms with Gasteiger partial charge >= 0.3 is 0 Å². The van der Waals surface area contributed by atoms with E-state index in [9.17, 15) is 9.18 Å². The fourth-order valence-electron chi connectivity index (χ4n) is 6.46. The summed E-state index contributed by atoms with van der Waals surface area (Å²) in [5.74, 6) is 1.50. The van der Waals surface area contributed by atoms with E-state index >= 15 is 0 Å². The lowest BCUT2D eigenvalue weighted by molar-refractivity contribution is 0.0976. The first-order valence-electron chi connectivity index (χ1n) is 12.1. The molecule has 0 spiro atoms. The molecule has 3 nitrogen and oxygen atoms in total. The van der Waals surface area contributed by atoms with E-state index in [1.807, 2.05) is 30.0 Å². The molecule has 2 atom stereocenters. The van der Waals surface area contributed by atoms with Gasteiger partial charge in [-0.2, -0.15) is 0 Å². The Morgan fingerprint density at radius 1 is 1.12 bits per heavy atom. The maximum Gasteiger partial charge on any atom is 0.163 e. The van der Waals surface area contributed by atoms with E-state index in [0.717, 1.165) is 44.3 Å². The fraction of sp³-hybridized carbons (Fsp3) is 0.393. The molecule has 1 saturated heterocycles. The molecule has 0 saturated carbocycles. The molecule has 5 heteroatoms. The second kappa shape index (κ2) is 8.44. The number of fused-ring (bicyclic) bond motifs is 4. The van der Waals surface area contributed by atoms with Crippen LogP contribution in [-0.2, 0) is 0 Å². The van der Waals surface area contributed by atoms with Gasteiger partial charge in [-0.25, -0.2) is 4.39 Å². The average molecular weight is 461 g/mol. The molecule has 3 aromatic carbocycles. The number of thioether (sulfide) groups is 1. The monoisotopic (exact) mass is 460 g/mol. The minimum absolute atomic E-state index is 0.0970. The van der Waals surface area contributed by atoms with Crippen LogP contribution in [0.2, 0.25) is 0 Å². The number of benzene rings is 3. The highest BCUT2D eigenvalue weighted by molar-refractivity contribution is 7.99. The molecule has 3 aliphatic rings. The number of carbonyl (C=O) groups excluding carboxylic acids is 1. The highest BCUT2D eigenvalue weighted by atomic mass is 32.2. The van der Waals surface area contributed by atoms with Gasteiger partial charge in [-0.05, 0) is 67.1 Å². The van der Waals surface area contributed by atoms with Crippen molar-refractivity contribution in [2.45, 2.75) is 48.5 Å². The molecule has 0 radical (unpaired) electrons. The molecule has 3 aliphatic heterocycles. The first-order valence-corrected chi connectivity index (χ1v) is 13.1. The van der Waals surface area contributed by atoms with E-state index in [0.29, 0.717) is 23.3 Å². The highest BCUT2D eigenvalue weighted by Crippen LogP contribution is 2.56. The van der Waals surface area contributed by atoms with Crippen LogP contribution in [0.3, 0.4) is 0 Å². The largest absolute Gasteiger partial charge is 0.364 e. The van der Waals surface area contributed by atoms with Gasteiger partial charge in [0.15, 0.2) is 5.78 Å². The number of nitrogens with one attached hydrogen (secondary N) is 1. The van der Waals surface area contributed by atoms with Crippen molar-refractivity contribution in [2.75, 3.05) is 30.3 Å². The van der Waals surface area contributed by atoms with E-state index in [2.05, 4.69) is 28.4 Å². The average Bonchev–Trinajstić information content (AvgIpc) is 2.96. The summed E-state index contributed by atoms with van der Waals surface area (Å²) in [4.78, 5) is 17.4. The van der Waals surface area contributed by atoms with Gasteiger partial charge in [-0.1, -0.05) is 36.4 Å². The van der Waals surface area contributed by atoms with Gasteiger partial charge in [0.05, 0.1) is 5.69 Å². The van der Waals surface area contributed by atoms with E-state index in [1.165, 1.54) is 34.4 Å². The number of carbonyl (C=O) groups is 1. The van der Waals surface area contributed by atoms with Crippen LogP contribution in [0.15, 0.2) is 59.5 Å². The van der Waals surface area contributed by atoms with Crippen molar-refractivity contribution in [1.82, 2.24) is 5.32 Å². The fourth-order valence-corrected chi connectivity index (χ4v) is 7.49. The summed E-state index contributed by atoms with van der Waals surface area (Å²) in [5.41, 5.74) is 3.70. The number of halogens is 1. The first-order chi connectivity index (χ1) is 16.2. The third kappa shape index (κ3) is 3.39. The Morgan fingerprint density at radius 2 is 2.00 bits per heavy atom. The molecule has 3 aromatic rings. The van der Waals surface area contributed by atoms with Gasteiger partial charge < -0.3 is 10.2 Å². The molecule has 1 N–H and O–H groups in total. The van der Waals surface area contributed by atoms with Crippen molar-refractivity contribution >= 4 is 34.0 Å². The van der Waals surface area contributed by atoms with Gasteiger partial charge in [0, 0.05) is 46.8 Å². The number of anilines is 1. The Balaban J connectivity index is 1.27. The summed E-state index contributed by atoms with van der Waals surface area (Å²) in [5, 5.41) is 4.89. The summed E-state index contributed by atoms with van der Waals surface area (Å²) in [7, 11) is 0. The van der Waals surface area contributed by atoms with Crippen molar-refractivity contribution in [3.05, 3.63) is 71.5 Å². The van der Waals surface area contributed by atoms with Gasteiger partial charge in [-0.15, -0.1) is 11.8 Å². The van der Waals surface area contributed by atoms with Crippen LogP contribution in [-0.4, -0.2) is 36.7 Å². The van der Waals surface area contributed by atoms with Crippen molar-refractivity contribution < 1.29 is 9.18 Å². The normalized spacial score (nSPS) is 23.8. The molecule has 1 fully saturated rings. The maximum absolute atomic E-state index is 14.2. The van der Waals surface area contributed by atoms with Crippen molar-refractivity contribution in [3.63, 3.8) is 0 Å². The lowest BCUT2D eigenvalue weighted by atomic mass is 9.73. The molecule has 0 bridgehead atoms. The van der Waals surface area contributed by atoms with E-state index in [1.54, 1.807) is 12.1 Å². The van der Waals surface area contributed by atoms with Crippen molar-refractivity contribution in [2.24, 2.45) is 0 Å². The smallest absolute Gasteiger partial charge is 0.163 e. The standard InChI is InChI=1S/C28H29FN2OS/c29-24-12-11-21(19-6-1-2-7-20(19)24)25(32)9-4-13-28-14-15-30-18-23(28)22-8-3-10-26-27(22)31(28)16-5-17-33-26/h1-3,6-8,10-12,23,30H,4-5,9,13-18H2/t23-,28-/m0/s1. The molecule has 6 rings (SSSR count). The Labute approximate surface area is 198 Å². The Hall–Kier alpha value is -2.37. The van der Waals surface area contributed by atoms with Gasteiger partial charge in [0.2, 0.25) is 0 Å². The molecular formula is C28H29FN2OS. The quantitative estimate of drug-likeness (QED) is 0.462. The Morgan fingerprint density at radius 3 is 2.91 bits per heavy atom. The minimum atomic E-state index is -0.267. The third-order valence-electron chi connectivity index (χ3n) is 7.91. The zero-order chi connectivity index (χ0) is 22.4. The van der Waals surface area contributed by atoms with Crippen LogP contribution in [0, 0.1) is 5.82 Å². The lowest BCUT2D eigenvalue weighted by Crippen LogP contribution is -2.56. The predicted molar refractivity (Wildman–Crippen MR) is 134 cm³/mol. The molecule has 170 valence electrons. The number of hydrogen-bond donors (Lipinski definition) is 1. The van der Waals surface area contributed by atoms with Gasteiger partial charge in [0.25, 0.3) is 0 Å². The molecule has 0 aliphatic carbocycles. The number of hydrogen-bond acceptors (Lipinski definition) is 4.